The second-order valence-electron chi connectivity index (χ2n) is 2.01. The molecule has 0 aromatic rings. The van der Waals surface area contributed by atoms with Crippen molar-refractivity contribution < 1.29 is 9.90 Å². The molecular weight excluding hydrogens is 118 g/mol. The van der Waals surface area contributed by atoms with Crippen molar-refractivity contribution in [2.75, 3.05) is 0 Å². The molecule has 3 nitrogen and oxygen atoms in total. The largest absolute Gasteiger partial charge is 0.478 e. The Bertz CT molecular complexity index is 138. The van der Waals surface area contributed by atoms with Crippen molar-refractivity contribution in [3.8, 4) is 0 Å². The summed E-state index contributed by atoms with van der Waals surface area (Å²) in [6.45, 7) is 3.25. The van der Waals surface area contributed by atoms with Gasteiger partial charge in [-0.05, 0) is 13.8 Å². The van der Waals surface area contributed by atoms with Crippen LogP contribution in [0.15, 0.2) is 11.6 Å². The molecule has 1 atom stereocenters. The zero-order valence-electron chi connectivity index (χ0n) is 5.59. The Morgan fingerprint density at radius 2 is 2.22 bits per heavy atom. The average molecular weight is 129 g/mol. The topological polar surface area (TPSA) is 63.3 Å². The Morgan fingerprint density at radius 3 is 2.33 bits per heavy atom. The fraction of sp³-hybridized carbons (Fsp3) is 0.500. The summed E-state index contributed by atoms with van der Waals surface area (Å²) in [6, 6.07) is -0.180. The molecule has 0 spiro atoms. The molecule has 52 valence electrons. The van der Waals surface area contributed by atoms with Gasteiger partial charge in [-0.15, -0.1) is 0 Å². The molecule has 0 aliphatic carbocycles. The second-order valence-corrected chi connectivity index (χ2v) is 2.01. The molecule has 0 fully saturated rings. The van der Waals surface area contributed by atoms with E-state index < -0.39 is 5.97 Å². The molecule has 0 saturated carbocycles. The van der Waals surface area contributed by atoms with Gasteiger partial charge in [-0.2, -0.15) is 0 Å². The third-order valence-corrected chi connectivity index (χ3v) is 0.850. The molecule has 3 heteroatoms. The van der Waals surface area contributed by atoms with Gasteiger partial charge in [0.2, 0.25) is 0 Å². The van der Waals surface area contributed by atoms with Crippen LogP contribution in [-0.2, 0) is 4.79 Å². The number of carboxylic acid groups (broad SMARTS) is 1. The molecule has 0 aliphatic rings. The zero-order chi connectivity index (χ0) is 7.44. The van der Waals surface area contributed by atoms with E-state index in [-0.39, 0.29) is 6.04 Å². The lowest BCUT2D eigenvalue weighted by Gasteiger charge is -1.95. The van der Waals surface area contributed by atoms with Gasteiger partial charge in [0.25, 0.3) is 0 Å². The highest BCUT2D eigenvalue weighted by molar-refractivity contribution is 5.85. The Balaban J connectivity index is 4.00. The minimum Gasteiger partial charge on any atom is -0.478 e. The normalized spacial score (nSPS) is 15.2. The van der Waals surface area contributed by atoms with Crippen LogP contribution in [0.4, 0.5) is 0 Å². The third kappa shape index (κ3) is 3.73. The first-order valence-electron chi connectivity index (χ1n) is 2.71. The van der Waals surface area contributed by atoms with E-state index in [4.69, 9.17) is 10.8 Å². The molecule has 0 saturated heterocycles. The lowest BCUT2D eigenvalue weighted by Crippen LogP contribution is -2.13. The molecule has 0 amide bonds. The fourth-order valence-electron chi connectivity index (χ4n) is 0.466. The van der Waals surface area contributed by atoms with E-state index in [0.717, 1.165) is 0 Å². The highest BCUT2D eigenvalue weighted by Crippen LogP contribution is 1.92. The summed E-state index contributed by atoms with van der Waals surface area (Å²) in [5, 5.41) is 8.31. The van der Waals surface area contributed by atoms with Crippen LogP contribution in [0.5, 0.6) is 0 Å². The number of carboxylic acids is 1. The van der Waals surface area contributed by atoms with Crippen LogP contribution in [0.1, 0.15) is 13.8 Å². The molecule has 0 heterocycles. The first kappa shape index (κ1) is 8.17. The van der Waals surface area contributed by atoms with Crippen LogP contribution >= 0.6 is 0 Å². The van der Waals surface area contributed by atoms with Crippen molar-refractivity contribution in [2.45, 2.75) is 19.9 Å². The number of aliphatic carboxylic acids is 1. The van der Waals surface area contributed by atoms with Gasteiger partial charge in [0.1, 0.15) is 0 Å². The highest BCUT2D eigenvalue weighted by Gasteiger charge is 1.98. The third-order valence-electron chi connectivity index (χ3n) is 0.850. The quantitative estimate of drug-likeness (QED) is 0.529. The van der Waals surface area contributed by atoms with E-state index in [1.807, 2.05) is 0 Å². The van der Waals surface area contributed by atoms with Crippen LogP contribution in [0.3, 0.4) is 0 Å². The standard InChI is InChI=1S/C6H11NO2/c1-4(6(8)9)3-5(2)7/h3,5H,7H2,1-2H3,(H,8,9)/b4-3-. The minimum absolute atomic E-state index is 0.180. The van der Waals surface area contributed by atoms with Crippen LogP contribution in [0, 0.1) is 0 Å². The van der Waals surface area contributed by atoms with E-state index in [9.17, 15) is 4.79 Å². The van der Waals surface area contributed by atoms with Crippen LogP contribution in [-0.4, -0.2) is 17.1 Å². The lowest BCUT2D eigenvalue weighted by atomic mass is 10.2. The van der Waals surface area contributed by atoms with E-state index in [2.05, 4.69) is 0 Å². The van der Waals surface area contributed by atoms with Crippen molar-refractivity contribution in [1.82, 2.24) is 0 Å². The van der Waals surface area contributed by atoms with Crippen LogP contribution in [0.2, 0.25) is 0 Å². The van der Waals surface area contributed by atoms with Crippen molar-refractivity contribution in [1.29, 1.82) is 0 Å². The predicted octanol–water partition coefficient (Wildman–Crippen LogP) is 0.365. The van der Waals surface area contributed by atoms with Crippen LogP contribution < -0.4 is 5.73 Å². The van der Waals surface area contributed by atoms with Gasteiger partial charge in [0.05, 0.1) is 0 Å². The first-order valence-corrected chi connectivity index (χ1v) is 2.71. The smallest absolute Gasteiger partial charge is 0.331 e. The molecular formula is C6H11NO2. The van der Waals surface area contributed by atoms with Gasteiger partial charge < -0.3 is 10.8 Å². The van der Waals surface area contributed by atoms with Crippen LogP contribution in [0.25, 0.3) is 0 Å². The molecule has 0 rings (SSSR count). The molecule has 0 radical (unpaired) electrons. The molecule has 1 unspecified atom stereocenters. The van der Waals surface area contributed by atoms with E-state index in [1.165, 1.54) is 13.0 Å². The Hall–Kier alpha value is -0.830. The fourth-order valence-corrected chi connectivity index (χ4v) is 0.466. The summed E-state index contributed by atoms with van der Waals surface area (Å²) in [5.74, 6) is -0.910. The Morgan fingerprint density at radius 1 is 1.78 bits per heavy atom. The van der Waals surface area contributed by atoms with E-state index in [1.54, 1.807) is 6.92 Å². The monoisotopic (exact) mass is 129 g/mol. The highest BCUT2D eigenvalue weighted by atomic mass is 16.4. The maximum atomic E-state index is 10.1. The average Bonchev–Trinajstić information content (AvgIpc) is 1.63. The Labute approximate surface area is 54.2 Å². The summed E-state index contributed by atoms with van der Waals surface area (Å²) >= 11 is 0. The van der Waals surface area contributed by atoms with Gasteiger partial charge in [-0.1, -0.05) is 6.08 Å². The Kier molecular flexibility index (Phi) is 2.95. The summed E-state index contributed by atoms with van der Waals surface area (Å²) in [5.41, 5.74) is 5.59. The maximum Gasteiger partial charge on any atom is 0.331 e. The molecule has 0 aromatic carbocycles. The zero-order valence-corrected chi connectivity index (χ0v) is 5.59. The van der Waals surface area contributed by atoms with Gasteiger partial charge in [-0.3, -0.25) is 0 Å². The summed E-state index contributed by atoms with van der Waals surface area (Å²) in [6.07, 6.45) is 1.50. The van der Waals surface area contributed by atoms with Crippen molar-refractivity contribution in [3.05, 3.63) is 11.6 Å². The van der Waals surface area contributed by atoms with E-state index in [0.29, 0.717) is 5.57 Å². The van der Waals surface area contributed by atoms with Crippen molar-refractivity contribution in [2.24, 2.45) is 5.73 Å². The van der Waals surface area contributed by atoms with Gasteiger partial charge >= 0.3 is 5.97 Å². The predicted molar refractivity (Wildman–Crippen MR) is 35.0 cm³/mol. The summed E-state index contributed by atoms with van der Waals surface area (Å²) < 4.78 is 0. The lowest BCUT2D eigenvalue weighted by molar-refractivity contribution is -0.132. The number of carbonyl (C=O) groups is 1. The SMILES string of the molecule is C/C(=C/C(C)N)C(=O)O. The molecule has 0 aliphatic heterocycles. The molecule has 0 aromatic heterocycles. The minimum atomic E-state index is -0.910. The van der Waals surface area contributed by atoms with Crippen molar-refractivity contribution in [3.63, 3.8) is 0 Å². The summed E-state index contributed by atoms with van der Waals surface area (Å²) in [7, 11) is 0. The number of hydrogen-bond acceptors (Lipinski definition) is 2. The van der Waals surface area contributed by atoms with Gasteiger partial charge in [-0.25, -0.2) is 4.79 Å². The number of nitrogens with two attached hydrogens (primary N) is 1. The van der Waals surface area contributed by atoms with Crippen molar-refractivity contribution >= 4 is 5.97 Å². The first-order chi connectivity index (χ1) is 4.04. The summed E-state index contributed by atoms with van der Waals surface area (Å²) in [4.78, 5) is 10.1. The number of hydrogen-bond donors (Lipinski definition) is 2. The second kappa shape index (κ2) is 3.25. The van der Waals surface area contributed by atoms with E-state index >= 15 is 0 Å². The molecule has 3 N–H and O–H groups in total. The maximum absolute atomic E-state index is 10.1. The van der Waals surface area contributed by atoms with Gasteiger partial charge in [0.15, 0.2) is 0 Å². The number of rotatable bonds is 2. The molecule has 9 heavy (non-hydrogen) atoms. The molecule has 0 bridgehead atoms. The van der Waals surface area contributed by atoms with Gasteiger partial charge in [0, 0.05) is 11.6 Å².